The predicted molar refractivity (Wildman–Crippen MR) is 148 cm³/mol. The van der Waals surface area contributed by atoms with Gasteiger partial charge >= 0.3 is 0 Å². The van der Waals surface area contributed by atoms with Crippen molar-refractivity contribution in [3.8, 4) is 21.7 Å². The standard InChI is InChI=1S/C26H26F2N8OS/c1-14(29)25(37)35-15(2)18-7-6-17(27)11-20(18)19-5-3-4-16-10-22(38-24(16)19)23-21(28)12-32-26(36-23)33-13-31-8-9-34-30/h3-12,14-15H,13,29-30H2,1-2H3,(H,35,37)(H,32,33,36)/b31-8+,34-9-/t14-,15?/m1/s1. The Morgan fingerprint density at radius 3 is 2.74 bits per heavy atom. The van der Waals surface area contributed by atoms with Gasteiger partial charge in [0.2, 0.25) is 11.9 Å². The molecule has 0 aliphatic carbocycles. The number of rotatable bonds is 9. The van der Waals surface area contributed by atoms with Crippen molar-refractivity contribution in [1.82, 2.24) is 15.3 Å². The number of carbonyl (C=O) groups is 1. The summed E-state index contributed by atoms with van der Waals surface area (Å²) in [6.07, 6.45) is 3.83. The Bertz CT molecular complexity index is 1520. The molecule has 4 aromatic rings. The zero-order valence-corrected chi connectivity index (χ0v) is 21.5. The predicted octanol–water partition coefficient (Wildman–Crippen LogP) is 4.21. The summed E-state index contributed by atoms with van der Waals surface area (Å²) in [7, 11) is 0. The summed E-state index contributed by atoms with van der Waals surface area (Å²) in [4.78, 5) is 25.1. The molecular formula is C26H26F2N8OS. The second-order valence-electron chi connectivity index (χ2n) is 8.44. The van der Waals surface area contributed by atoms with Crippen molar-refractivity contribution in [1.29, 1.82) is 0 Å². The molecule has 1 unspecified atom stereocenters. The second kappa shape index (κ2) is 11.8. The second-order valence-corrected chi connectivity index (χ2v) is 9.49. The Balaban J connectivity index is 1.73. The van der Waals surface area contributed by atoms with E-state index in [0.717, 1.165) is 27.4 Å². The molecule has 0 aliphatic rings. The maximum atomic E-state index is 14.8. The highest BCUT2D eigenvalue weighted by Crippen LogP contribution is 2.41. The number of aromatic nitrogens is 2. The van der Waals surface area contributed by atoms with Crippen LogP contribution < -0.4 is 22.2 Å². The number of anilines is 1. The van der Waals surface area contributed by atoms with E-state index in [9.17, 15) is 13.6 Å². The third-order valence-corrected chi connectivity index (χ3v) is 6.84. The van der Waals surface area contributed by atoms with Gasteiger partial charge in [0.25, 0.3) is 0 Å². The average Bonchev–Trinajstić information content (AvgIpc) is 3.33. The van der Waals surface area contributed by atoms with Crippen molar-refractivity contribution >= 4 is 45.7 Å². The number of nitrogens with zero attached hydrogens (tertiary/aromatic N) is 4. The number of hydrazone groups is 1. The minimum Gasteiger partial charge on any atom is -0.348 e. The molecule has 2 heterocycles. The quantitative estimate of drug-likeness (QED) is 0.143. The summed E-state index contributed by atoms with van der Waals surface area (Å²) in [5.74, 6) is 3.90. The Morgan fingerprint density at radius 2 is 1.97 bits per heavy atom. The summed E-state index contributed by atoms with van der Waals surface area (Å²) in [6.45, 7) is 3.56. The molecule has 2 aromatic carbocycles. The molecule has 196 valence electrons. The molecule has 2 atom stereocenters. The molecule has 0 bridgehead atoms. The van der Waals surface area contributed by atoms with Gasteiger partial charge in [0, 0.05) is 10.9 Å². The molecule has 0 spiro atoms. The van der Waals surface area contributed by atoms with Gasteiger partial charge in [-0.25, -0.2) is 18.7 Å². The molecule has 0 radical (unpaired) electrons. The Hall–Kier alpha value is -4.29. The van der Waals surface area contributed by atoms with Gasteiger partial charge in [0.05, 0.1) is 29.4 Å². The van der Waals surface area contributed by atoms with Crippen LogP contribution in [0.3, 0.4) is 0 Å². The van der Waals surface area contributed by atoms with Crippen LogP contribution in [0.25, 0.3) is 31.8 Å². The minimum atomic E-state index is -0.682. The van der Waals surface area contributed by atoms with Crippen LogP contribution in [0.1, 0.15) is 25.5 Å². The first kappa shape index (κ1) is 26.8. The van der Waals surface area contributed by atoms with Crippen molar-refractivity contribution in [3.05, 3.63) is 65.9 Å². The van der Waals surface area contributed by atoms with Crippen LogP contribution in [-0.2, 0) is 4.79 Å². The lowest BCUT2D eigenvalue weighted by molar-refractivity contribution is -0.122. The summed E-state index contributed by atoms with van der Waals surface area (Å²) in [5, 5.41) is 9.90. The number of fused-ring (bicyclic) bond motifs is 1. The molecule has 2 aromatic heterocycles. The van der Waals surface area contributed by atoms with Crippen molar-refractivity contribution in [2.24, 2.45) is 21.7 Å². The van der Waals surface area contributed by atoms with E-state index in [2.05, 4.69) is 30.7 Å². The molecule has 0 saturated heterocycles. The molecule has 12 heteroatoms. The van der Waals surface area contributed by atoms with Gasteiger partial charge in [-0.05, 0) is 54.1 Å². The number of carbonyl (C=O) groups excluding carboxylic acids is 1. The third kappa shape index (κ3) is 5.98. The fourth-order valence-electron chi connectivity index (χ4n) is 3.83. The zero-order chi connectivity index (χ0) is 27.2. The highest BCUT2D eigenvalue weighted by atomic mass is 32.1. The number of nitrogens with one attached hydrogen (secondary N) is 2. The molecule has 4 rings (SSSR count). The zero-order valence-electron chi connectivity index (χ0n) is 20.7. The topological polar surface area (TPSA) is 144 Å². The number of aliphatic imine (C=N–C) groups is 1. The van der Waals surface area contributed by atoms with Gasteiger partial charge < -0.3 is 22.2 Å². The lowest BCUT2D eigenvalue weighted by atomic mass is 9.94. The number of amides is 1. The van der Waals surface area contributed by atoms with Crippen LogP contribution >= 0.6 is 11.3 Å². The van der Waals surface area contributed by atoms with Crippen LogP contribution in [0, 0.1) is 11.6 Å². The summed E-state index contributed by atoms with van der Waals surface area (Å²) in [6, 6.07) is 10.8. The molecule has 1 amide bonds. The van der Waals surface area contributed by atoms with E-state index in [1.807, 2.05) is 31.2 Å². The number of halogens is 2. The fourth-order valence-corrected chi connectivity index (χ4v) is 5.01. The highest BCUT2D eigenvalue weighted by Gasteiger charge is 2.20. The van der Waals surface area contributed by atoms with E-state index in [-0.39, 0.29) is 24.2 Å². The van der Waals surface area contributed by atoms with Gasteiger partial charge in [-0.2, -0.15) is 5.10 Å². The van der Waals surface area contributed by atoms with Gasteiger partial charge in [-0.3, -0.25) is 9.79 Å². The number of thiophene rings is 1. The number of hydrogen-bond acceptors (Lipinski definition) is 9. The molecule has 0 aliphatic heterocycles. The smallest absolute Gasteiger partial charge is 0.237 e. The number of nitrogens with two attached hydrogens (primary N) is 2. The maximum Gasteiger partial charge on any atom is 0.237 e. The van der Waals surface area contributed by atoms with Crippen LogP contribution in [0.5, 0.6) is 0 Å². The van der Waals surface area contributed by atoms with E-state index in [4.69, 9.17) is 11.6 Å². The Labute approximate surface area is 221 Å². The van der Waals surface area contributed by atoms with Crippen LogP contribution in [-0.4, -0.2) is 41.0 Å². The van der Waals surface area contributed by atoms with Crippen LogP contribution in [0.15, 0.2) is 58.8 Å². The van der Waals surface area contributed by atoms with Gasteiger partial charge in [0.15, 0.2) is 5.82 Å². The van der Waals surface area contributed by atoms with E-state index < -0.39 is 23.7 Å². The van der Waals surface area contributed by atoms with Crippen LogP contribution in [0.2, 0.25) is 0 Å². The van der Waals surface area contributed by atoms with Crippen molar-refractivity contribution in [2.45, 2.75) is 25.9 Å². The van der Waals surface area contributed by atoms with E-state index in [1.165, 1.54) is 35.9 Å². The van der Waals surface area contributed by atoms with Crippen molar-refractivity contribution in [3.63, 3.8) is 0 Å². The van der Waals surface area contributed by atoms with Gasteiger partial charge in [0.1, 0.15) is 18.2 Å². The average molecular weight is 537 g/mol. The van der Waals surface area contributed by atoms with E-state index in [1.54, 1.807) is 13.0 Å². The molecule has 38 heavy (non-hydrogen) atoms. The minimum absolute atomic E-state index is 0.124. The largest absolute Gasteiger partial charge is 0.348 e. The summed E-state index contributed by atoms with van der Waals surface area (Å²) >= 11 is 1.33. The lowest BCUT2D eigenvalue weighted by Gasteiger charge is -2.20. The Morgan fingerprint density at radius 1 is 1.16 bits per heavy atom. The van der Waals surface area contributed by atoms with Crippen LogP contribution in [0.4, 0.5) is 14.7 Å². The normalized spacial score (nSPS) is 13.3. The summed E-state index contributed by atoms with van der Waals surface area (Å²) in [5.41, 5.74) is 7.92. The number of benzene rings is 2. The Kier molecular flexibility index (Phi) is 8.34. The van der Waals surface area contributed by atoms with Crippen molar-refractivity contribution in [2.75, 3.05) is 12.0 Å². The van der Waals surface area contributed by atoms with Gasteiger partial charge in [-0.1, -0.05) is 24.3 Å². The summed E-state index contributed by atoms with van der Waals surface area (Å²) < 4.78 is 30.0. The molecule has 0 saturated carbocycles. The highest BCUT2D eigenvalue weighted by molar-refractivity contribution is 7.22. The number of hydrogen-bond donors (Lipinski definition) is 4. The van der Waals surface area contributed by atoms with Gasteiger partial charge in [-0.15, -0.1) is 11.3 Å². The molecular weight excluding hydrogens is 510 g/mol. The maximum absolute atomic E-state index is 14.8. The van der Waals surface area contributed by atoms with E-state index in [0.29, 0.717) is 10.4 Å². The monoisotopic (exact) mass is 536 g/mol. The first-order chi connectivity index (χ1) is 18.3. The third-order valence-electron chi connectivity index (χ3n) is 5.65. The fraction of sp³-hybridized carbons (Fsp3) is 0.192. The molecule has 9 nitrogen and oxygen atoms in total. The SMILES string of the molecule is CC(NC(=O)[C@@H](C)N)c1ccc(F)cc1-c1cccc2cc(-c3nc(NC/N=C/C=N\N)ncc3F)sc12. The lowest BCUT2D eigenvalue weighted by Crippen LogP contribution is -2.39. The first-order valence-corrected chi connectivity index (χ1v) is 12.5. The van der Waals surface area contributed by atoms with E-state index >= 15 is 0 Å². The molecule has 0 fully saturated rings. The van der Waals surface area contributed by atoms with Crippen molar-refractivity contribution < 1.29 is 13.6 Å². The molecule has 6 N–H and O–H groups in total. The first-order valence-electron chi connectivity index (χ1n) is 11.6.